The van der Waals surface area contributed by atoms with Crippen molar-refractivity contribution >= 4 is 18.0 Å². The summed E-state index contributed by atoms with van der Waals surface area (Å²) >= 11 is 0. The molecule has 0 aliphatic rings. The Balaban J connectivity index is 2.95. The average Bonchev–Trinajstić information content (AvgIpc) is 2.22. The zero-order chi connectivity index (χ0) is 15.5. The summed E-state index contributed by atoms with van der Waals surface area (Å²) in [7, 11) is 0. The third kappa shape index (κ3) is 4.53. The van der Waals surface area contributed by atoms with Crippen LogP contribution in [-0.2, 0) is 9.53 Å². The molecule has 4 nitrogen and oxygen atoms in total. The molecule has 0 bridgehead atoms. The first-order chi connectivity index (χ1) is 9.10. The second kappa shape index (κ2) is 5.90. The summed E-state index contributed by atoms with van der Waals surface area (Å²) in [5.41, 5.74) is 1.89. The summed E-state index contributed by atoms with van der Waals surface area (Å²) in [4.78, 5) is 22.7. The number of carbonyl (C=O) groups is 2. The van der Waals surface area contributed by atoms with Crippen LogP contribution < -0.4 is 0 Å². The standard InChI is InChI=1S/C16H20O4/c1-10-8-12(9-11(2)14(10)15(18)19)6-7-13(17)20-16(3,4)5/h6-9H,1-5H3,(H,18,19)/b7-6+. The van der Waals surface area contributed by atoms with Gasteiger partial charge in [-0.1, -0.05) is 12.1 Å². The lowest BCUT2D eigenvalue weighted by Crippen LogP contribution is -2.22. The first kappa shape index (κ1) is 16.0. The molecule has 0 radical (unpaired) electrons. The van der Waals surface area contributed by atoms with E-state index in [0.29, 0.717) is 16.7 Å². The average molecular weight is 276 g/mol. The lowest BCUT2D eigenvalue weighted by molar-refractivity contribution is -0.148. The van der Waals surface area contributed by atoms with Gasteiger partial charge >= 0.3 is 11.9 Å². The van der Waals surface area contributed by atoms with Gasteiger partial charge in [-0.3, -0.25) is 0 Å². The Bertz CT molecular complexity index is 539. The van der Waals surface area contributed by atoms with Gasteiger partial charge in [-0.2, -0.15) is 0 Å². The zero-order valence-electron chi connectivity index (χ0n) is 12.5. The highest BCUT2D eigenvalue weighted by Crippen LogP contribution is 2.18. The topological polar surface area (TPSA) is 63.6 Å². The van der Waals surface area contributed by atoms with Gasteiger partial charge in [0.05, 0.1) is 5.56 Å². The summed E-state index contributed by atoms with van der Waals surface area (Å²) in [5, 5.41) is 9.09. The zero-order valence-corrected chi connectivity index (χ0v) is 12.5. The second-order valence-electron chi connectivity index (χ2n) is 5.70. The first-order valence-corrected chi connectivity index (χ1v) is 6.36. The molecule has 108 valence electrons. The van der Waals surface area contributed by atoms with Gasteiger partial charge in [0.25, 0.3) is 0 Å². The van der Waals surface area contributed by atoms with E-state index in [9.17, 15) is 9.59 Å². The van der Waals surface area contributed by atoms with E-state index in [0.717, 1.165) is 5.56 Å². The third-order valence-electron chi connectivity index (χ3n) is 2.59. The van der Waals surface area contributed by atoms with Crippen LogP contribution in [0.15, 0.2) is 18.2 Å². The summed E-state index contributed by atoms with van der Waals surface area (Å²) in [6.45, 7) is 8.88. The van der Waals surface area contributed by atoms with Crippen LogP contribution in [0.5, 0.6) is 0 Å². The lowest BCUT2D eigenvalue weighted by atomic mass is 9.99. The van der Waals surface area contributed by atoms with Gasteiger partial charge in [0.2, 0.25) is 0 Å². The van der Waals surface area contributed by atoms with E-state index in [1.807, 2.05) is 0 Å². The highest BCUT2D eigenvalue weighted by Gasteiger charge is 2.14. The molecule has 1 rings (SSSR count). The molecule has 0 amide bonds. The van der Waals surface area contributed by atoms with Crippen LogP contribution in [0.25, 0.3) is 6.08 Å². The molecule has 0 saturated carbocycles. The van der Waals surface area contributed by atoms with Crippen molar-refractivity contribution in [1.29, 1.82) is 0 Å². The van der Waals surface area contributed by atoms with Crippen LogP contribution in [-0.4, -0.2) is 22.6 Å². The van der Waals surface area contributed by atoms with Crippen molar-refractivity contribution in [2.75, 3.05) is 0 Å². The molecule has 0 heterocycles. The highest BCUT2D eigenvalue weighted by atomic mass is 16.6. The van der Waals surface area contributed by atoms with Crippen molar-refractivity contribution in [3.63, 3.8) is 0 Å². The first-order valence-electron chi connectivity index (χ1n) is 6.36. The van der Waals surface area contributed by atoms with Crippen molar-refractivity contribution in [3.05, 3.63) is 40.5 Å². The van der Waals surface area contributed by atoms with Crippen LogP contribution in [0.3, 0.4) is 0 Å². The van der Waals surface area contributed by atoms with E-state index in [-0.39, 0.29) is 0 Å². The quantitative estimate of drug-likeness (QED) is 0.679. The van der Waals surface area contributed by atoms with Crippen molar-refractivity contribution in [3.8, 4) is 0 Å². The maximum Gasteiger partial charge on any atom is 0.336 e. The van der Waals surface area contributed by atoms with Crippen molar-refractivity contribution in [1.82, 2.24) is 0 Å². The highest BCUT2D eigenvalue weighted by molar-refractivity contribution is 5.92. The van der Waals surface area contributed by atoms with E-state index in [2.05, 4.69) is 0 Å². The Hall–Kier alpha value is -2.10. The van der Waals surface area contributed by atoms with Crippen molar-refractivity contribution < 1.29 is 19.4 Å². The number of hydrogen-bond acceptors (Lipinski definition) is 3. The van der Waals surface area contributed by atoms with Gasteiger partial charge in [-0.15, -0.1) is 0 Å². The fourth-order valence-corrected chi connectivity index (χ4v) is 1.93. The Labute approximate surface area is 119 Å². The molecule has 20 heavy (non-hydrogen) atoms. The number of carboxylic acid groups (broad SMARTS) is 1. The molecule has 0 unspecified atom stereocenters. The van der Waals surface area contributed by atoms with Crippen molar-refractivity contribution in [2.24, 2.45) is 0 Å². The lowest BCUT2D eigenvalue weighted by Gasteiger charge is -2.17. The Morgan fingerprint density at radius 2 is 1.65 bits per heavy atom. The molecule has 4 heteroatoms. The van der Waals surface area contributed by atoms with E-state index >= 15 is 0 Å². The minimum Gasteiger partial charge on any atom is -0.478 e. The number of aryl methyl sites for hydroxylation is 2. The number of esters is 1. The number of aromatic carboxylic acids is 1. The Kier molecular flexibility index (Phi) is 4.71. The molecule has 1 aromatic rings. The van der Waals surface area contributed by atoms with Gasteiger partial charge in [0.1, 0.15) is 5.60 Å². The Morgan fingerprint density at radius 1 is 1.15 bits per heavy atom. The maximum atomic E-state index is 11.6. The number of carboxylic acids is 1. The number of rotatable bonds is 3. The molecule has 0 fully saturated rings. The van der Waals surface area contributed by atoms with E-state index in [4.69, 9.17) is 9.84 Å². The molecule has 0 aromatic heterocycles. The number of carbonyl (C=O) groups excluding carboxylic acids is 1. The molecule has 0 spiro atoms. The molecular formula is C16H20O4. The maximum absolute atomic E-state index is 11.6. The van der Waals surface area contributed by atoms with Crippen LogP contribution in [0.2, 0.25) is 0 Å². The molecule has 0 aliphatic heterocycles. The van der Waals surface area contributed by atoms with E-state index in [1.54, 1.807) is 52.8 Å². The fourth-order valence-electron chi connectivity index (χ4n) is 1.93. The summed E-state index contributed by atoms with van der Waals surface area (Å²) in [5.74, 6) is -1.36. The minimum absolute atomic E-state index is 0.305. The van der Waals surface area contributed by atoms with Crippen LogP contribution >= 0.6 is 0 Å². The molecule has 0 atom stereocenters. The number of ether oxygens (including phenoxy) is 1. The largest absolute Gasteiger partial charge is 0.478 e. The predicted octanol–water partition coefficient (Wildman–Crippen LogP) is 3.36. The van der Waals surface area contributed by atoms with Gasteiger partial charge < -0.3 is 9.84 Å². The van der Waals surface area contributed by atoms with Gasteiger partial charge in [0, 0.05) is 6.08 Å². The second-order valence-corrected chi connectivity index (χ2v) is 5.70. The molecular weight excluding hydrogens is 256 g/mol. The third-order valence-corrected chi connectivity index (χ3v) is 2.59. The van der Waals surface area contributed by atoms with E-state index < -0.39 is 17.5 Å². The smallest absolute Gasteiger partial charge is 0.336 e. The van der Waals surface area contributed by atoms with Gasteiger partial charge in [0.15, 0.2) is 0 Å². The molecule has 1 N–H and O–H groups in total. The van der Waals surface area contributed by atoms with Crippen LogP contribution in [0.1, 0.15) is 47.8 Å². The summed E-state index contributed by atoms with van der Waals surface area (Å²) in [6, 6.07) is 3.47. The minimum atomic E-state index is -0.942. The Morgan fingerprint density at radius 3 is 2.05 bits per heavy atom. The number of hydrogen-bond donors (Lipinski definition) is 1. The predicted molar refractivity (Wildman–Crippen MR) is 77.8 cm³/mol. The van der Waals surface area contributed by atoms with Crippen molar-refractivity contribution in [2.45, 2.75) is 40.2 Å². The van der Waals surface area contributed by atoms with Gasteiger partial charge in [-0.25, -0.2) is 9.59 Å². The monoisotopic (exact) mass is 276 g/mol. The fraction of sp³-hybridized carbons (Fsp3) is 0.375. The van der Waals surface area contributed by atoms with Crippen LogP contribution in [0.4, 0.5) is 0 Å². The summed E-state index contributed by atoms with van der Waals surface area (Å²) < 4.78 is 5.16. The number of benzene rings is 1. The normalized spacial score (nSPS) is 11.7. The SMILES string of the molecule is Cc1cc(/C=C/C(=O)OC(C)(C)C)cc(C)c1C(=O)O. The molecule has 0 aliphatic carbocycles. The van der Waals surface area contributed by atoms with Gasteiger partial charge in [-0.05, 0) is 57.4 Å². The molecule has 0 saturated heterocycles. The van der Waals surface area contributed by atoms with E-state index in [1.165, 1.54) is 6.08 Å². The summed E-state index contributed by atoms with van der Waals surface area (Å²) in [6.07, 6.45) is 2.97. The molecule has 1 aromatic carbocycles. The van der Waals surface area contributed by atoms with Crippen LogP contribution in [0, 0.1) is 13.8 Å².